The Kier molecular flexibility index (Phi) is 15.7. The maximum Gasteiger partial charge on any atom is 0.190 e. The lowest BCUT2D eigenvalue weighted by Crippen LogP contribution is -2.38. The number of nitrogens with one attached hydrogen (secondary N) is 2. The molecule has 1 aromatic carbocycles. The van der Waals surface area contributed by atoms with E-state index in [1.165, 1.54) is 24.2 Å². The number of guanidine groups is 1. The van der Waals surface area contributed by atoms with Crippen molar-refractivity contribution in [3.8, 4) is 0 Å². The molecule has 0 bridgehead atoms. The fourth-order valence-corrected chi connectivity index (χ4v) is 2.65. The second kappa shape index (κ2) is 16.0. The van der Waals surface area contributed by atoms with Gasteiger partial charge in [-0.15, -0.1) is 24.0 Å². The van der Waals surface area contributed by atoms with Gasteiger partial charge in [0, 0.05) is 26.7 Å². The number of benzene rings is 1. The summed E-state index contributed by atoms with van der Waals surface area (Å²) in [6.45, 7) is 4.68. The molecule has 24 heavy (non-hydrogen) atoms. The minimum absolute atomic E-state index is 0. The Morgan fingerprint density at radius 2 is 1.79 bits per heavy atom. The Hall–Kier alpha value is -0.470. The van der Waals surface area contributed by atoms with Crippen LogP contribution in [0.25, 0.3) is 0 Å². The molecular formula is C18H32IN3OS. The molecule has 0 saturated heterocycles. The number of nitrogens with zero attached hydrogens (tertiary/aromatic N) is 1. The lowest BCUT2D eigenvalue weighted by Gasteiger charge is -2.14. The highest BCUT2D eigenvalue weighted by molar-refractivity contribution is 14.0. The second-order valence-corrected chi connectivity index (χ2v) is 6.39. The molecule has 1 atom stereocenters. The molecule has 0 aliphatic carbocycles. The Morgan fingerprint density at radius 1 is 1.12 bits per heavy atom. The average Bonchev–Trinajstić information content (AvgIpc) is 2.60. The van der Waals surface area contributed by atoms with Crippen LogP contribution in [0, 0.1) is 0 Å². The van der Waals surface area contributed by atoms with Crippen LogP contribution in [0.5, 0.6) is 0 Å². The van der Waals surface area contributed by atoms with E-state index in [0.29, 0.717) is 0 Å². The summed E-state index contributed by atoms with van der Waals surface area (Å²) in [5.41, 5.74) is 1.23. The molecule has 1 rings (SSSR count). The normalized spacial score (nSPS) is 12.4. The predicted octanol–water partition coefficient (Wildman–Crippen LogP) is 4.08. The number of unbranched alkanes of at least 4 members (excludes halogenated alkanes) is 1. The zero-order valence-corrected chi connectivity index (χ0v) is 18.2. The summed E-state index contributed by atoms with van der Waals surface area (Å²) in [5, 5.41) is 6.67. The molecule has 1 unspecified atom stereocenters. The van der Waals surface area contributed by atoms with E-state index in [1.54, 1.807) is 0 Å². The molecule has 4 nitrogen and oxygen atoms in total. The van der Waals surface area contributed by atoms with Crippen molar-refractivity contribution in [1.29, 1.82) is 0 Å². The highest BCUT2D eigenvalue weighted by Crippen LogP contribution is 2.15. The third kappa shape index (κ3) is 11.1. The van der Waals surface area contributed by atoms with E-state index >= 15 is 0 Å². The summed E-state index contributed by atoms with van der Waals surface area (Å²) in [6, 6.07) is 10.3. The molecular weight excluding hydrogens is 433 g/mol. The third-order valence-electron chi connectivity index (χ3n) is 3.54. The number of aliphatic imine (C=N–C) groups is 1. The minimum atomic E-state index is 0. The molecule has 0 aromatic heterocycles. The summed E-state index contributed by atoms with van der Waals surface area (Å²) >= 11 is 1.90. The van der Waals surface area contributed by atoms with Gasteiger partial charge in [-0.25, -0.2) is 0 Å². The van der Waals surface area contributed by atoms with Crippen molar-refractivity contribution in [2.75, 3.05) is 38.8 Å². The van der Waals surface area contributed by atoms with E-state index < -0.39 is 0 Å². The van der Waals surface area contributed by atoms with E-state index in [2.05, 4.69) is 40.9 Å². The van der Waals surface area contributed by atoms with Crippen LogP contribution in [0.1, 0.15) is 37.9 Å². The van der Waals surface area contributed by atoms with Crippen molar-refractivity contribution >= 4 is 41.7 Å². The van der Waals surface area contributed by atoms with Crippen molar-refractivity contribution in [2.45, 2.75) is 32.3 Å². The van der Waals surface area contributed by atoms with E-state index in [-0.39, 0.29) is 30.1 Å². The molecule has 138 valence electrons. The van der Waals surface area contributed by atoms with Gasteiger partial charge in [0.1, 0.15) is 0 Å². The maximum absolute atomic E-state index is 5.87. The van der Waals surface area contributed by atoms with Gasteiger partial charge < -0.3 is 15.4 Å². The molecule has 0 amide bonds. The number of thioether (sulfide) groups is 1. The monoisotopic (exact) mass is 465 g/mol. The van der Waals surface area contributed by atoms with Crippen molar-refractivity contribution in [1.82, 2.24) is 10.6 Å². The molecule has 1 aromatic rings. The average molecular weight is 465 g/mol. The number of rotatable bonds is 11. The standard InChI is InChI=1S/C18H31N3OS.HI/c1-16(17-10-5-4-6-11-17)22-14-9-13-21-18(19-2)20-12-7-8-15-23-3;/h4-6,10-11,16H,7-9,12-15H2,1-3H3,(H2,19,20,21);1H. The third-order valence-corrected chi connectivity index (χ3v) is 4.24. The first-order valence-corrected chi connectivity index (χ1v) is 9.77. The largest absolute Gasteiger partial charge is 0.374 e. The SMILES string of the molecule is CN=C(NCCCCSC)NCCCOC(C)c1ccccc1.I. The molecule has 6 heteroatoms. The molecule has 0 aliphatic rings. The number of halogens is 1. The predicted molar refractivity (Wildman–Crippen MR) is 118 cm³/mol. The van der Waals surface area contributed by atoms with Crippen LogP contribution < -0.4 is 10.6 Å². The fraction of sp³-hybridized carbons (Fsp3) is 0.611. The van der Waals surface area contributed by atoms with Gasteiger partial charge in [0.2, 0.25) is 0 Å². The second-order valence-electron chi connectivity index (χ2n) is 5.40. The Morgan fingerprint density at radius 3 is 2.42 bits per heavy atom. The highest BCUT2D eigenvalue weighted by Gasteiger charge is 2.04. The number of hydrogen-bond donors (Lipinski definition) is 2. The van der Waals surface area contributed by atoms with Gasteiger partial charge in [0.05, 0.1) is 6.10 Å². The van der Waals surface area contributed by atoms with Crippen molar-refractivity contribution in [3.63, 3.8) is 0 Å². The van der Waals surface area contributed by atoms with Gasteiger partial charge in [-0.05, 0) is 43.8 Å². The topological polar surface area (TPSA) is 45.7 Å². The van der Waals surface area contributed by atoms with Crippen LogP contribution in [0.2, 0.25) is 0 Å². The molecule has 0 saturated carbocycles. The van der Waals surface area contributed by atoms with Crippen LogP contribution in [-0.4, -0.2) is 44.7 Å². The molecule has 0 fully saturated rings. The minimum Gasteiger partial charge on any atom is -0.374 e. The zero-order chi connectivity index (χ0) is 16.8. The van der Waals surface area contributed by atoms with Crippen molar-refractivity contribution in [2.24, 2.45) is 4.99 Å². The van der Waals surface area contributed by atoms with Crippen LogP contribution >= 0.6 is 35.7 Å². The summed E-state index contributed by atoms with van der Waals surface area (Å²) < 4.78 is 5.87. The smallest absolute Gasteiger partial charge is 0.190 e. The van der Waals surface area contributed by atoms with Crippen molar-refractivity contribution in [3.05, 3.63) is 35.9 Å². The number of ether oxygens (including phenoxy) is 1. The van der Waals surface area contributed by atoms with Gasteiger partial charge in [-0.2, -0.15) is 11.8 Å². The van der Waals surface area contributed by atoms with Gasteiger partial charge in [0.25, 0.3) is 0 Å². The summed E-state index contributed by atoms with van der Waals surface area (Å²) in [7, 11) is 1.81. The van der Waals surface area contributed by atoms with Gasteiger partial charge >= 0.3 is 0 Å². The highest BCUT2D eigenvalue weighted by atomic mass is 127. The van der Waals surface area contributed by atoms with E-state index in [4.69, 9.17) is 4.74 Å². The molecule has 0 heterocycles. The van der Waals surface area contributed by atoms with E-state index in [9.17, 15) is 0 Å². The molecule has 2 N–H and O–H groups in total. The summed E-state index contributed by atoms with van der Waals surface area (Å²) in [4.78, 5) is 4.23. The van der Waals surface area contributed by atoms with Gasteiger partial charge in [0.15, 0.2) is 5.96 Å². The maximum atomic E-state index is 5.87. The Labute approximate surface area is 168 Å². The van der Waals surface area contributed by atoms with Crippen LogP contribution in [0.15, 0.2) is 35.3 Å². The van der Waals surface area contributed by atoms with Crippen LogP contribution in [0.4, 0.5) is 0 Å². The lowest BCUT2D eigenvalue weighted by atomic mass is 10.1. The molecule has 0 radical (unpaired) electrons. The fourth-order valence-electron chi connectivity index (χ4n) is 2.16. The molecule has 0 spiro atoms. The number of hydrogen-bond acceptors (Lipinski definition) is 3. The molecule has 0 aliphatic heterocycles. The van der Waals surface area contributed by atoms with Gasteiger partial charge in [-0.1, -0.05) is 30.3 Å². The zero-order valence-electron chi connectivity index (χ0n) is 15.1. The summed E-state index contributed by atoms with van der Waals surface area (Å²) in [5.74, 6) is 2.11. The first kappa shape index (κ1) is 23.5. The Balaban J connectivity index is 0.00000529. The van der Waals surface area contributed by atoms with E-state index in [0.717, 1.165) is 32.1 Å². The lowest BCUT2D eigenvalue weighted by molar-refractivity contribution is 0.0646. The van der Waals surface area contributed by atoms with Crippen LogP contribution in [0.3, 0.4) is 0 Å². The van der Waals surface area contributed by atoms with Crippen molar-refractivity contribution < 1.29 is 4.74 Å². The van der Waals surface area contributed by atoms with E-state index in [1.807, 2.05) is 37.0 Å². The summed E-state index contributed by atoms with van der Waals surface area (Å²) in [6.07, 6.45) is 5.68. The first-order chi connectivity index (χ1) is 11.3. The van der Waals surface area contributed by atoms with Crippen LogP contribution in [-0.2, 0) is 4.74 Å². The quantitative estimate of drug-likeness (QED) is 0.224. The first-order valence-electron chi connectivity index (χ1n) is 8.38. The Bertz CT molecular complexity index is 432. The van der Waals surface area contributed by atoms with Gasteiger partial charge in [-0.3, -0.25) is 4.99 Å².